The van der Waals surface area contributed by atoms with Crippen molar-refractivity contribution in [2.45, 2.75) is 45.6 Å². The number of carbonyl (C=O) groups excluding carboxylic acids is 2. The summed E-state index contributed by atoms with van der Waals surface area (Å²) in [5, 5.41) is 2.78. The topological polar surface area (TPSA) is 73.9 Å². The fourth-order valence-corrected chi connectivity index (χ4v) is 2.64. The summed E-state index contributed by atoms with van der Waals surface area (Å²) in [5.41, 5.74) is 1.04. The number of rotatable bonds is 11. The standard InChI is InChI=1S/C23H29NO5/c1-4-5-6-7-15-28-23(26)18-11-13-19(14-12-18)24-22(25)17(2)29-21-10-8-9-20(16-21)27-3/h8-14,16-17H,4-7,15H2,1-3H3,(H,24,25). The molecule has 0 bridgehead atoms. The molecule has 6 heteroatoms. The second-order valence-corrected chi connectivity index (χ2v) is 6.70. The highest BCUT2D eigenvalue weighted by atomic mass is 16.5. The first-order chi connectivity index (χ1) is 14.0. The van der Waals surface area contributed by atoms with E-state index in [9.17, 15) is 9.59 Å². The van der Waals surface area contributed by atoms with Gasteiger partial charge in [-0.1, -0.05) is 32.3 Å². The predicted octanol–water partition coefficient (Wildman–Crippen LogP) is 4.84. The van der Waals surface area contributed by atoms with Crippen molar-refractivity contribution in [1.82, 2.24) is 0 Å². The maximum atomic E-state index is 12.4. The maximum absolute atomic E-state index is 12.4. The number of unbranched alkanes of at least 4 members (excludes halogenated alkanes) is 3. The van der Waals surface area contributed by atoms with E-state index in [2.05, 4.69) is 12.2 Å². The molecular formula is C23H29NO5. The van der Waals surface area contributed by atoms with Gasteiger partial charge in [0, 0.05) is 11.8 Å². The van der Waals surface area contributed by atoms with Crippen LogP contribution in [0.3, 0.4) is 0 Å². The Bertz CT molecular complexity index is 788. The number of carbonyl (C=O) groups is 2. The van der Waals surface area contributed by atoms with Crippen LogP contribution < -0.4 is 14.8 Å². The molecule has 29 heavy (non-hydrogen) atoms. The minimum absolute atomic E-state index is 0.293. The Kier molecular flexibility index (Phi) is 9.02. The van der Waals surface area contributed by atoms with E-state index in [1.165, 1.54) is 0 Å². The summed E-state index contributed by atoms with van der Waals surface area (Å²) in [6, 6.07) is 13.7. The van der Waals surface area contributed by atoms with Gasteiger partial charge in [-0.05, 0) is 49.7 Å². The van der Waals surface area contributed by atoms with Crippen molar-refractivity contribution in [1.29, 1.82) is 0 Å². The van der Waals surface area contributed by atoms with Crippen molar-refractivity contribution >= 4 is 17.6 Å². The molecule has 0 saturated carbocycles. The number of benzene rings is 2. The summed E-state index contributed by atoms with van der Waals surface area (Å²) in [5.74, 6) is 0.556. The lowest BCUT2D eigenvalue weighted by Gasteiger charge is -2.15. The molecule has 1 unspecified atom stereocenters. The van der Waals surface area contributed by atoms with E-state index in [0.29, 0.717) is 29.4 Å². The smallest absolute Gasteiger partial charge is 0.338 e. The molecular weight excluding hydrogens is 370 g/mol. The van der Waals surface area contributed by atoms with Crippen molar-refractivity contribution in [3.8, 4) is 11.5 Å². The molecule has 0 spiro atoms. The lowest BCUT2D eigenvalue weighted by Crippen LogP contribution is -2.30. The highest BCUT2D eigenvalue weighted by Gasteiger charge is 2.16. The molecule has 0 heterocycles. The van der Waals surface area contributed by atoms with Crippen molar-refractivity contribution in [2.24, 2.45) is 0 Å². The molecule has 0 radical (unpaired) electrons. The zero-order valence-corrected chi connectivity index (χ0v) is 17.3. The first kappa shape index (κ1) is 22.3. The lowest BCUT2D eigenvalue weighted by atomic mass is 10.2. The van der Waals surface area contributed by atoms with Crippen LogP contribution in [0.4, 0.5) is 5.69 Å². The molecule has 1 amide bonds. The van der Waals surface area contributed by atoms with Crippen molar-refractivity contribution in [3.63, 3.8) is 0 Å². The minimum Gasteiger partial charge on any atom is -0.497 e. The van der Waals surface area contributed by atoms with Crippen molar-refractivity contribution < 1.29 is 23.8 Å². The normalized spacial score (nSPS) is 11.4. The first-order valence-electron chi connectivity index (χ1n) is 9.92. The van der Waals surface area contributed by atoms with Crippen LogP contribution >= 0.6 is 0 Å². The Balaban J connectivity index is 1.83. The monoisotopic (exact) mass is 399 g/mol. The van der Waals surface area contributed by atoms with Crippen LogP contribution in [-0.4, -0.2) is 31.7 Å². The fraction of sp³-hybridized carbons (Fsp3) is 0.391. The first-order valence-corrected chi connectivity index (χ1v) is 9.92. The highest BCUT2D eigenvalue weighted by molar-refractivity contribution is 5.95. The number of ether oxygens (including phenoxy) is 3. The van der Waals surface area contributed by atoms with E-state index < -0.39 is 6.10 Å². The number of hydrogen-bond acceptors (Lipinski definition) is 5. The Labute approximate surface area is 172 Å². The van der Waals surface area contributed by atoms with E-state index >= 15 is 0 Å². The molecule has 0 saturated heterocycles. The Hall–Kier alpha value is -3.02. The van der Waals surface area contributed by atoms with Gasteiger partial charge in [-0.15, -0.1) is 0 Å². The Morgan fingerprint density at radius 1 is 1.00 bits per heavy atom. The third-order valence-electron chi connectivity index (χ3n) is 4.34. The van der Waals surface area contributed by atoms with Gasteiger partial charge in [0.2, 0.25) is 0 Å². The molecule has 0 aromatic heterocycles. The molecule has 0 aliphatic rings. The van der Waals surface area contributed by atoms with Gasteiger partial charge >= 0.3 is 5.97 Å². The number of nitrogens with one attached hydrogen (secondary N) is 1. The summed E-state index contributed by atoms with van der Waals surface area (Å²) in [7, 11) is 1.57. The van der Waals surface area contributed by atoms with E-state index in [0.717, 1.165) is 25.7 Å². The average molecular weight is 399 g/mol. The van der Waals surface area contributed by atoms with Gasteiger partial charge in [0.1, 0.15) is 11.5 Å². The molecule has 0 fully saturated rings. The number of methoxy groups -OCH3 is 1. The molecule has 2 aromatic carbocycles. The van der Waals surface area contributed by atoms with Gasteiger partial charge in [-0.2, -0.15) is 0 Å². The molecule has 1 N–H and O–H groups in total. The minimum atomic E-state index is -0.699. The average Bonchev–Trinajstić information content (AvgIpc) is 2.74. The van der Waals surface area contributed by atoms with Crippen LogP contribution in [0, 0.1) is 0 Å². The van der Waals surface area contributed by atoms with Gasteiger partial charge in [0.05, 0.1) is 19.3 Å². The molecule has 2 aromatic rings. The number of amides is 1. The van der Waals surface area contributed by atoms with Crippen molar-refractivity contribution in [3.05, 3.63) is 54.1 Å². The third-order valence-corrected chi connectivity index (χ3v) is 4.34. The summed E-state index contributed by atoms with van der Waals surface area (Å²) >= 11 is 0. The van der Waals surface area contributed by atoms with Crippen molar-refractivity contribution in [2.75, 3.05) is 19.0 Å². The van der Waals surface area contributed by atoms with Crippen LogP contribution in [0.15, 0.2) is 48.5 Å². The molecule has 1 atom stereocenters. The van der Waals surface area contributed by atoms with Gasteiger partial charge in [0.15, 0.2) is 6.10 Å². The van der Waals surface area contributed by atoms with Crippen LogP contribution in [0.2, 0.25) is 0 Å². The van der Waals surface area contributed by atoms with Gasteiger partial charge in [-0.25, -0.2) is 4.79 Å². The molecule has 6 nitrogen and oxygen atoms in total. The number of esters is 1. The molecule has 0 aliphatic carbocycles. The second kappa shape index (κ2) is 11.7. The molecule has 2 rings (SSSR count). The summed E-state index contributed by atoms with van der Waals surface area (Å²) < 4.78 is 16.1. The molecule has 156 valence electrons. The largest absolute Gasteiger partial charge is 0.497 e. The third kappa shape index (κ3) is 7.49. The van der Waals surface area contributed by atoms with Gasteiger partial charge in [0.25, 0.3) is 5.91 Å². The van der Waals surface area contributed by atoms with Crippen LogP contribution in [0.5, 0.6) is 11.5 Å². The number of hydrogen-bond donors (Lipinski definition) is 1. The Morgan fingerprint density at radius 3 is 2.41 bits per heavy atom. The van der Waals surface area contributed by atoms with Crippen LogP contribution in [-0.2, 0) is 9.53 Å². The zero-order chi connectivity index (χ0) is 21.1. The van der Waals surface area contributed by atoms with E-state index in [4.69, 9.17) is 14.2 Å². The summed E-state index contributed by atoms with van der Waals surface area (Å²) in [6.07, 6.45) is 3.52. The summed E-state index contributed by atoms with van der Waals surface area (Å²) in [4.78, 5) is 24.4. The quantitative estimate of drug-likeness (QED) is 0.432. The number of anilines is 1. The predicted molar refractivity (Wildman–Crippen MR) is 113 cm³/mol. The van der Waals surface area contributed by atoms with Gasteiger partial charge in [-0.3, -0.25) is 4.79 Å². The lowest BCUT2D eigenvalue weighted by molar-refractivity contribution is -0.122. The van der Waals surface area contributed by atoms with Crippen LogP contribution in [0.25, 0.3) is 0 Å². The maximum Gasteiger partial charge on any atom is 0.338 e. The fourth-order valence-electron chi connectivity index (χ4n) is 2.64. The van der Waals surface area contributed by atoms with Crippen LogP contribution in [0.1, 0.15) is 49.9 Å². The Morgan fingerprint density at radius 2 is 1.72 bits per heavy atom. The zero-order valence-electron chi connectivity index (χ0n) is 17.3. The van der Waals surface area contributed by atoms with Gasteiger partial charge < -0.3 is 19.5 Å². The van der Waals surface area contributed by atoms with E-state index in [-0.39, 0.29) is 11.9 Å². The van der Waals surface area contributed by atoms with E-state index in [1.807, 2.05) is 0 Å². The SMILES string of the molecule is CCCCCCOC(=O)c1ccc(NC(=O)C(C)Oc2cccc(OC)c2)cc1. The molecule has 0 aliphatic heterocycles. The second-order valence-electron chi connectivity index (χ2n) is 6.70. The highest BCUT2D eigenvalue weighted by Crippen LogP contribution is 2.20. The van der Waals surface area contributed by atoms with E-state index in [1.54, 1.807) is 62.6 Å². The summed E-state index contributed by atoms with van der Waals surface area (Å²) in [6.45, 7) is 4.23.